The van der Waals surface area contributed by atoms with E-state index in [4.69, 9.17) is 21.6 Å². The molecule has 0 aromatic rings. The van der Waals surface area contributed by atoms with Crippen LogP contribution in [-0.2, 0) is 4.79 Å². The highest BCUT2D eigenvalue weighted by Gasteiger charge is 2.26. The summed E-state index contributed by atoms with van der Waals surface area (Å²) in [5.41, 5.74) is 2.89. The zero-order valence-corrected chi connectivity index (χ0v) is 25.2. The molecule has 2 heterocycles. The van der Waals surface area contributed by atoms with E-state index in [-0.39, 0.29) is 18.0 Å². The molecule has 0 N–H and O–H groups in total. The third-order valence-electron chi connectivity index (χ3n) is 6.74. The molecule has 0 bridgehead atoms. The van der Waals surface area contributed by atoms with Gasteiger partial charge in [-0.2, -0.15) is 0 Å². The molecule has 2 rings (SSSR count). The standard InChI is InChI=1S/C32H46ClN5O/c1-7-11-13-15-29-32(25(5)17-18-26(33)14-9-3)36-27(10-4)28(35-29)19-20-31(39)38-23-21-37(22-24-38)30(34-6)16-12-8-2/h9-10,12,14,16-20,27-28H,4,7-8,11,13,15,21-24H2,1-3,5-6H3/b14-9-,16-12-,20-19+,25-17+,26-18+,34-30?. The molecule has 0 spiro atoms. The van der Waals surface area contributed by atoms with Crippen LogP contribution in [0.4, 0.5) is 0 Å². The van der Waals surface area contributed by atoms with Crippen molar-refractivity contribution in [2.45, 2.75) is 71.9 Å². The van der Waals surface area contributed by atoms with Gasteiger partial charge in [0.25, 0.3) is 0 Å². The largest absolute Gasteiger partial charge is 0.353 e. The number of allylic oxidation sites excluding steroid dienone is 7. The maximum Gasteiger partial charge on any atom is 0.246 e. The summed E-state index contributed by atoms with van der Waals surface area (Å²) in [6, 6.07) is -0.482. The minimum atomic E-state index is -0.249. The number of hydrogen-bond acceptors (Lipinski definition) is 4. The van der Waals surface area contributed by atoms with Crippen LogP contribution in [0.5, 0.6) is 0 Å². The molecule has 2 aliphatic rings. The van der Waals surface area contributed by atoms with E-state index in [0.29, 0.717) is 18.1 Å². The van der Waals surface area contributed by atoms with Gasteiger partial charge >= 0.3 is 0 Å². The number of nitrogens with zero attached hydrogens (tertiary/aromatic N) is 5. The van der Waals surface area contributed by atoms with E-state index >= 15 is 0 Å². The fraction of sp³-hybridized carbons (Fsp3) is 0.500. The van der Waals surface area contributed by atoms with Crippen LogP contribution < -0.4 is 0 Å². The van der Waals surface area contributed by atoms with Gasteiger partial charge in [0, 0.05) is 44.3 Å². The highest BCUT2D eigenvalue weighted by Crippen LogP contribution is 2.21. The molecule has 2 atom stereocenters. The van der Waals surface area contributed by atoms with E-state index in [2.05, 4.69) is 42.5 Å². The van der Waals surface area contributed by atoms with Gasteiger partial charge in [-0.05, 0) is 56.9 Å². The van der Waals surface area contributed by atoms with Crippen LogP contribution in [0.25, 0.3) is 0 Å². The van der Waals surface area contributed by atoms with Crippen LogP contribution in [0, 0.1) is 0 Å². The molecule has 0 radical (unpaired) electrons. The molecule has 0 aromatic carbocycles. The fourth-order valence-corrected chi connectivity index (χ4v) is 4.70. The highest BCUT2D eigenvalue weighted by molar-refractivity contribution is 6.48. The number of amidine groups is 1. The van der Waals surface area contributed by atoms with Gasteiger partial charge < -0.3 is 9.80 Å². The Kier molecular flexibility index (Phi) is 14.5. The number of rotatable bonds is 12. The Bertz CT molecular complexity index is 1070. The molecular formula is C32H46ClN5O. The minimum Gasteiger partial charge on any atom is -0.353 e. The van der Waals surface area contributed by atoms with Crippen LogP contribution in [0.15, 0.2) is 86.8 Å². The summed E-state index contributed by atoms with van der Waals surface area (Å²) in [6.45, 7) is 15.2. The van der Waals surface area contributed by atoms with Gasteiger partial charge in [0.05, 0.1) is 23.5 Å². The molecule has 0 saturated carbocycles. The van der Waals surface area contributed by atoms with Crippen molar-refractivity contribution in [1.82, 2.24) is 9.80 Å². The van der Waals surface area contributed by atoms with Gasteiger partial charge in [-0.3, -0.25) is 19.8 Å². The number of carbonyl (C=O) groups is 1. The number of unbranched alkanes of at least 4 members (excludes halogenated alkanes) is 2. The summed E-state index contributed by atoms with van der Waals surface area (Å²) in [5, 5.41) is 0.661. The van der Waals surface area contributed by atoms with Crippen molar-refractivity contribution in [3.63, 3.8) is 0 Å². The lowest BCUT2D eigenvalue weighted by molar-refractivity contribution is -0.127. The minimum absolute atomic E-state index is 0.00823. The molecule has 39 heavy (non-hydrogen) atoms. The lowest BCUT2D eigenvalue weighted by Gasteiger charge is -2.35. The number of piperazine rings is 1. The molecule has 1 amide bonds. The summed E-state index contributed by atoms with van der Waals surface area (Å²) in [4.78, 5) is 31.7. The average molecular weight is 552 g/mol. The summed E-state index contributed by atoms with van der Waals surface area (Å²) in [6.07, 6.45) is 22.3. The van der Waals surface area contributed by atoms with Crippen LogP contribution in [0.3, 0.4) is 0 Å². The Morgan fingerprint density at radius 3 is 2.38 bits per heavy atom. The van der Waals surface area contributed by atoms with E-state index in [1.54, 1.807) is 6.08 Å². The Hall–Kier alpha value is -2.99. The van der Waals surface area contributed by atoms with Gasteiger partial charge in [0.15, 0.2) is 0 Å². The SMILES string of the molecule is C=CC1N=C(/C(C)=C/C=C(Cl)\C=C/C)C(CCCCC)=NC1/C=C/C(=O)N1CCN(C(/C=C\CC)=NC)CC1. The van der Waals surface area contributed by atoms with Gasteiger partial charge in [0.2, 0.25) is 5.91 Å². The number of amides is 1. The second kappa shape index (κ2) is 17.6. The van der Waals surface area contributed by atoms with Crippen LogP contribution >= 0.6 is 11.6 Å². The number of halogens is 1. The molecule has 1 fully saturated rings. The average Bonchev–Trinajstić information content (AvgIpc) is 2.95. The van der Waals surface area contributed by atoms with E-state index < -0.39 is 0 Å². The molecular weight excluding hydrogens is 506 g/mol. The normalized spacial score (nSPS) is 21.7. The number of hydrogen-bond donors (Lipinski definition) is 0. The number of aliphatic imine (C=N–C) groups is 3. The lowest BCUT2D eigenvalue weighted by atomic mass is 9.96. The summed E-state index contributed by atoms with van der Waals surface area (Å²) < 4.78 is 0. The quantitative estimate of drug-likeness (QED) is 0.0674. The molecule has 1 saturated heterocycles. The maximum atomic E-state index is 13.1. The smallest absolute Gasteiger partial charge is 0.246 e. The van der Waals surface area contributed by atoms with Crippen molar-refractivity contribution in [3.05, 3.63) is 71.9 Å². The second-order valence-electron chi connectivity index (χ2n) is 9.69. The second-order valence-corrected chi connectivity index (χ2v) is 10.1. The molecule has 6 nitrogen and oxygen atoms in total. The first-order valence-electron chi connectivity index (χ1n) is 14.2. The highest BCUT2D eigenvalue weighted by atomic mass is 35.5. The summed E-state index contributed by atoms with van der Waals surface area (Å²) in [5.74, 6) is 0.979. The Morgan fingerprint density at radius 2 is 1.77 bits per heavy atom. The summed E-state index contributed by atoms with van der Waals surface area (Å²) >= 11 is 6.25. The summed E-state index contributed by atoms with van der Waals surface area (Å²) in [7, 11) is 1.81. The van der Waals surface area contributed by atoms with Gasteiger partial charge in [0.1, 0.15) is 5.84 Å². The molecule has 0 aromatic heterocycles. The monoisotopic (exact) mass is 551 g/mol. The van der Waals surface area contributed by atoms with Crippen molar-refractivity contribution in [1.29, 1.82) is 0 Å². The van der Waals surface area contributed by atoms with Crippen molar-refractivity contribution < 1.29 is 4.79 Å². The predicted molar refractivity (Wildman–Crippen MR) is 169 cm³/mol. The van der Waals surface area contributed by atoms with Gasteiger partial charge in [-0.15, -0.1) is 6.58 Å². The van der Waals surface area contributed by atoms with Crippen LogP contribution in [0.1, 0.15) is 59.8 Å². The van der Waals surface area contributed by atoms with Crippen molar-refractivity contribution >= 4 is 34.8 Å². The Morgan fingerprint density at radius 1 is 1.05 bits per heavy atom. The Balaban J connectivity index is 2.17. The third kappa shape index (κ3) is 10.2. The first-order valence-corrected chi connectivity index (χ1v) is 14.6. The molecule has 2 aliphatic heterocycles. The molecule has 7 heteroatoms. The number of carbonyl (C=O) groups excluding carboxylic acids is 1. The first kappa shape index (κ1) is 32.2. The Labute approximate surface area is 241 Å². The van der Waals surface area contributed by atoms with Gasteiger partial charge in [-0.1, -0.05) is 68.7 Å². The van der Waals surface area contributed by atoms with Crippen molar-refractivity contribution in [3.8, 4) is 0 Å². The zero-order valence-electron chi connectivity index (χ0n) is 24.4. The third-order valence-corrected chi connectivity index (χ3v) is 6.99. The van der Waals surface area contributed by atoms with Crippen LogP contribution in [0.2, 0.25) is 0 Å². The van der Waals surface area contributed by atoms with Crippen molar-refractivity contribution in [2.75, 3.05) is 33.2 Å². The van der Waals surface area contributed by atoms with E-state index in [1.807, 2.05) is 62.3 Å². The molecule has 212 valence electrons. The topological polar surface area (TPSA) is 60.6 Å². The van der Waals surface area contributed by atoms with Gasteiger partial charge in [-0.25, -0.2) is 0 Å². The van der Waals surface area contributed by atoms with E-state index in [0.717, 1.165) is 68.0 Å². The predicted octanol–water partition coefficient (Wildman–Crippen LogP) is 6.73. The maximum absolute atomic E-state index is 13.1. The fourth-order valence-electron chi connectivity index (χ4n) is 4.51. The van der Waals surface area contributed by atoms with Crippen molar-refractivity contribution in [2.24, 2.45) is 15.0 Å². The van der Waals surface area contributed by atoms with Crippen LogP contribution in [-0.4, -0.2) is 78.3 Å². The molecule has 2 unspecified atom stereocenters. The lowest BCUT2D eigenvalue weighted by Crippen LogP contribution is -2.50. The van der Waals surface area contributed by atoms with E-state index in [1.165, 1.54) is 0 Å². The first-order chi connectivity index (χ1) is 18.9. The van der Waals surface area contributed by atoms with E-state index in [9.17, 15) is 4.79 Å². The zero-order chi connectivity index (χ0) is 28.6. The molecule has 0 aliphatic carbocycles.